The maximum atomic E-state index is 5.38. The lowest BCUT2D eigenvalue weighted by Crippen LogP contribution is -2.47. The van der Waals surface area contributed by atoms with Crippen molar-refractivity contribution < 1.29 is 4.42 Å². The number of furan rings is 1. The summed E-state index contributed by atoms with van der Waals surface area (Å²) >= 11 is 0. The number of aliphatic imine (C=N–C) groups is 1. The van der Waals surface area contributed by atoms with Crippen LogP contribution in [0.1, 0.15) is 39.9 Å². The summed E-state index contributed by atoms with van der Waals surface area (Å²) < 4.78 is 5.38. The van der Waals surface area contributed by atoms with Crippen molar-refractivity contribution in [2.75, 3.05) is 26.2 Å². The second-order valence-electron chi connectivity index (χ2n) is 6.76. The van der Waals surface area contributed by atoms with Crippen molar-refractivity contribution >= 4 is 29.9 Å². The van der Waals surface area contributed by atoms with E-state index < -0.39 is 0 Å². The van der Waals surface area contributed by atoms with Gasteiger partial charge in [0.05, 0.1) is 6.26 Å². The lowest BCUT2D eigenvalue weighted by atomic mass is 10.1. The van der Waals surface area contributed by atoms with Crippen molar-refractivity contribution in [2.45, 2.75) is 52.6 Å². The van der Waals surface area contributed by atoms with Gasteiger partial charge in [-0.1, -0.05) is 13.8 Å². The zero-order valence-corrected chi connectivity index (χ0v) is 17.7. The van der Waals surface area contributed by atoms with Gasteiger partial charge in [-0.25, -0.2) is 0 Å². The fourth-order valence-electron chi connectivity index (χ4n) is 2.92. The first-order chi connectivity index (χ1) is 11.1. The largest absolute Gasteiger partial charge is 0.469 e. The molecular formula is C18H33IN4O. The molecule has 6 heteroatoms. The predicted octanol–water partition coefficient (Wildman–Crippen LogP) is 3.11. The Morgan fingerprint density at radius 2 is 2.21 bits per heavy atom. The second kappa shape index (κ2) is 11.0. The normalized spacial score (nSPS) is 21.8. The average molecular weight is 448 g/mol. The Balaban J connectivity index is 0.00000288. The van der Waals surface area contributed by atoms with E-state index in [9.17, 15) is 0 Å². The van der Waals surface area contributed by atoms with E-state index in [0.717, 1.165) is 50.7 Å². The molecule has 1 aromatic rings. The van der Waals surface area contributed by atoms with Gasteiger partial charge in [-0.2, -0.15) is 0 Å². The maximum Gasteiger partial charge on any atom is 0.191 e. The van der Waals surface area contributed by atoms with Crippen LogP contribution in [0.5, 0.6) is 0 Å². The Labute approximate surface area is 163 Å². The van der Waals surface area contributed by atoms with Gasteiger partial charge in [-0.3, -0.25) is 9.89 Å². The monoisotopic (exact) mass is 448 g/mol. The van der Waals surface area contributed by atoms with E-state index in [4.69, 9.17) is 4.42 Å². The van der Waals surface area contributed by atoms with Gasteiger partial charge in [0.25, 0.3) is 0 Å². The third-order valence-electron chi connectivity index (χ3n) is 4.43. The number of rotatable bonds is 7. The summed E-state index contributed by atoms with van der Waals surface area (Å²) in [6, 6.07) is 5.01. The van der Waals surface area contributed by atoms with E-state index in [2.05, 4.69) is 48.2 Å². The van der Waals surface area contributed by atoms with Crippen LogP contribution >= 0.6 is 24.0 Å². The van der Waals surface area contributed by atoms with E-state index in [1.54, 1.807) is 6.26 Å². The summed E-state index contributed by atoms with van der Waals surface area (Å²) in [5.74, 6) is 2.57. The van der Waals surface area contributed by atoms with E-state index in [1.807, 2.05) is 12.1 Å². The average Bonchev–Trinajstić information content (AvgIpc) is 3.15. The number of halogens is 1. The van der Waals surface area contributed by atoms with Gasteiger partial charge >= 0.3 is 0 Å². The smallest absolute Gasteiger partial charge is 0.191 e. The van der Waals surface area contributed by atoms with Gasteiger partial charge in [-0.15, -0.1) is 24.0 Å². The molecule has 1 aromatic heterocycles. The molecule has 2 atom stereocenters. The Hall–Kier alpha value is -0.760. The molecule has 2 heterocycles. The zero-order valence-electron chi connectivity index (χ0n) is 15.4. The molecule has 0 aliphatic carbocycles. The van der Waals surface area contributed by atoms with Crippen molar-refractivity contribution in [1.29, 1.82) is 0 Å². The molecule has 2 rings (SSSR count). The van der Waals surface area contributed by atoms with E-state index in [-0.39, 0.29) is 24.0 Å². The van der Waals surface area contributed by atoms with Gasteiger partial charge in [0, 0.05) is 44.7 Å². The Morgan fingerprint density at radius 1 is 1.42 bits per heavy atom. The minimum atomic E-state index is 0. The first kappa shape index (κ1) is 21.3. The summed E-state index contributed by atoms with van der Waals surface area (Å²) in [4.78, 5) is 7.20. The number of guanidine groups is 1. The molecule has 0 radical (unpaired) electrons. The fraction of sp³-hybridized carbons (Fsp3) is 0.722. The van der Waals surface area contributed by atoms with Gasteiger partial charge in [-0.05, 0) is 38.3 Å². The summed E-state index contributed by atoms with van der Waals surface area (Å²) in [6.07, 6.45) is 3.65. The highest BCUT2D eigenvalue weighted by molar-refractivity contribution is 14.0. The van der Waals surface area contributed by atoms with Crippen molar-refractivity contribution in [2.24, 2.45) is 10.9 Å². The molecule has 0 bridgehead atoms. The molecule has 1 aliphatic heterocycles. The van der Waals surface area contributed by atoms with E-state index in [1.165, 1.54) is 0 Å². The van der Waals surface area contributed by atoms with Crippen LogP contribution in [-0.2, 0) is 6.42 Å². The van der Waals surface area contributed by atoms with Crippen molar-refractivity contribution in [3.05, 3.63) is 24.2 Å². The van der Waals surface area contributed by atoms with E-state index >= 15 is 0 Å². The van der Waals surface area contributed by atoms with Crippen LogP contribution in [0.15, 0.2) is 27.8 Å². The molecule has 0 spiro atoms. The lowest BCUT2D eigenvalue weighted by molar-refractivity contribution is 0.265. The number of likely N-dealkylation sites (tertiary alicyclic amines) is 1. The Kier molecular flexibility index (Phi) is 9.73. The number of nitrogens with zero attached hydrogens (tertiary/aromatic N) is 2. The van der Waals surface area contributed by atoms with Crippen molar-refractivity contribution in [3.8, 4) is 0 Å². The highest BCUT2D eigenvalue weighted by atomic mass is 127. The highest BCUT2D eigenvalue weighted by Crippen LogP contribution is 2.18. The zero-order chi connectivity index (χ0) is 16.7. The molecule has 0 aromatic carbocycles. The fourth-order valence-corrected chi connectivity index (χ4v) is 2.92. The quantitative estimate of drug-likeness (QED) is 0.383. The number of hydrogen-bond donors (Lipinski definition) is 2. The summed E-state index contributed by atoms with van der Waals surface area (Å²) in [5, 5.41) is 7.08. The van der Waals surface area contributed by atoms with Gasteiger partial charge in [0.15, 0.2) is 5.96 Å². The van der Waals surface area contributed by atoms with Gasteiger partial charge < -0.3 is 15.1 Å². The molecule has 5 nitrogen and oxygen atoms in total. The number of hydrogen-bond acceptors (Lipinski definition) is 3. The SMILES string of the molecule is CCCN=C(NCCc1ccco1)NC1CN(C(C)C)CC1C.I. The van der Waals surface area contributed by atoms with Gasteiger partial charge in [0.2, 0.25) is 0 Å². The molecular weight excluding hydrogens is 415 g/mol. The standard InChI is InChI=1S/C18H32N4O.HI/c1-5-9-19-18(20-10-8-16-7-6-11-23-16)21-17-13-22(14(2)3)12-15(17)4;/h6-7,11,14-15,17H,5,8-10,12-13H2,1-4H3,(H2,19,20,21);1H. The predicted molar refractivity (Wildman–Crippen MR) is 111 cm³/mol. The van der Waals surface area contributed by atoms with Crippen LogP contribution in [0.25, 0.3) is 0 Å². The third-order valence-corrected chi connectivity index (χ3v) is 4.43. The molecule has 0 amide bonds. The highest BCUT2D eigenvalue weighted by Gasteiger charge is 2.31. The van der Waals surface area contributed by atoms with Crippen LogP contribution in [0.3, 0.4) is 0 Å². The summed E-state index contributed by atoms with van der Waals surface area (Å²) in [6.45, 7) is 12.9. The number of nitrogens with one attached hydrogen (secondary N) is 2. The molecule has 1 saturated heterocycles. The first-order valence-electron chi connectivity index (χ1n) is 8.91. The van der Waals surface area contributed by atoms with Crippen LogP contribution in [0, 0.1) is 5.92 Å². The Morgan fingerprint density at radius 3 is 2.79 bits per heavy atom. The first-order valence-corrected chi connectivity index (χ1v) is 8.91. The molecule has 2 unspecified atom stereocenters. The molecule has 1 aliphatic rings. The second-order valence-corrected chi connectivity index (χ2v) is 6.76. The van der Waals surface area contributed by atoms with Crippen molar-refractivity contribution in [3.63, 3.8) is 0 Å². The minimum absolute atomic E-state index is 0. The van der Waals surface area contributed by atoms with Crippen LogP contribution in [0.2, 0.25) is 0 Å². The maximum absolute atomic E-state index is 5.38. The molecule has 1 fully saturated rings. The molecule has 0 saturated carbocycles. The summed E-state index contributed by atoms with van der Waals surface area (Å²) in [7, 11) is 0. The molecule has 138 valence electrons. The lowest BCUT2D eigenvalue weighted by Gasteiger charge is -2.22. The van der Waals surface area contributed by atoms with E-state index in [0.29, 0.717) is 18.0 Å². The van der Waals surface area contributed by atoms with Crippen LogP contribution in [0.4, 0.5) is 0 Å². The van der Waals surface area contributed by atoms with Crippen LogP contribution < -0.4 is 10.6 Å². The van der Waals surface area contributed by atoms with Crippen LogP contribution in [-0.4, -0.2) is 49.1 Å². The van der Waals surface area contributed by atoms with Gasteiger partial charge in [0.1, 0.15) is 5.76 Å². The Bertz CT molecular complexity index is 475. The van der Waals surface area contributed by atoms with Crippen molar-refractivity contribution in [1.82, 2.24) is 15.5 Å². The topological polar surface area (TPSA) is 52.8 Å². The third kappa shape index (κ3) is 6.63. The molecule has 24 heavy (non-hydrogen) atoms. The minimum Gasteiger partial charge on any atom is -0.469 e. The summed E-state index contributed by atoms with van der Waals surface area (Å²) in [5.41, 5.74) is 0. The molecule has 2 N–H and O–H groups in total.